The predicted octanol–water partition coefficient (Wildman–Crippen LogP) is 5.05. The quantitative estimate of drug-likeness (QED) is 0.240. The third kappa shape index (κ3) is 4.99. The molecule has 0 aromatic carbocycles. The van der Waals surface area contributed by atoms with E-state index in [4.69, 9.17) is 30.2 Å². The average molecular weight is 417 g/mol. The van der Waals surface area contributed by atoms with Crippen molar-refractivity contribution >= 4 is 19.9 Å². The Morgan fingerprint density at radius 2 is 1.59 bits per heavy atom. The van der Waals surface area contributed by atoms with Gasteiger partial charge in [-0.1, -0.05) is 39.8 Å². The molecule has 6 heteroatoms. The molecule has 0 spiro atoms. The van der Waals surface area contributed by atoms with Crippen molar-refractivity contribution in [3.05, 3.63) is 12.2 Å². The summed E-state index contributed by atoms with van der Waals surface area (Å²) in [5.74, 6) is 0.548. The van der Waals surface area contributed by atoms with E-state index in [2.05, 4.69) is 39.8 Å². The number of ether oxygens (including phenoxy) is 3. The molecule has 3 aliphatic rings. The van der Waals surface area contributed by atoms with Crippen molar-refractivity contribution in [3.63, 3.8) is 0 Å². The van der Waals surface area contributed by atoms with Crippen LogP contribution >= 0.6 is 11.6 Å². The number of halogens is 1. The first-order valence-electron chi connectivity index (χ1n) is 10.9. The lowest BCUT2D eigenvalue weighted by molar-refractivity contribution is -0.0934. The second-order valence-electron chi connectivity index (χ2n) is 8.21. The van der Waals surface area contributed by atoms with Crippen LogP contribution < -0.4 is 0 Å². The average Bonchev–Trinajstić information content (AvgIpc) is 3.37. The molecule has 0 aromatic rings. The SMILES string of the molecule is CC[C@H]1O[C@H]2C[C@H]([C@@H]3O[C@H]3CCl)O[C@H]2C/C=C\C[C@H]1O[Si](CC)(CC)CC. The van der Waals surface area contributed by atoms with Crippen LogP contribution in [0.4, 0.5) is 0 Å². The zero-order chi connectivity index (χ0) is 19.4. The Morgan fingerprint density at radius 3 is 2.19 bits per heavy atom. The van der Waals surface area contributed by atoms with E-state index in [1.807, 2.05) is 0 Å². The van der Waals surface area contributed by atoms with Gasteiger partial charge >= 0.3 is 0 Å². The molecule has 2 fully saturated rings. The highest BCUT2D eigenvalue weighted by Gasteiger charge is 2.51. The van der Waals surface area contributed by atoms with Crippen molar-refractivity contribution in [2.75, 3.05) is 5.88 Å². The van der Waals surface area contributed by atoms with Gasteiger partial charge in [0, 0.05) is 6.42 Å². The molecule has 2 saturated heterocycles. The molecule has 3 rings (SSSR count). The summed E-state index contributed by atoms with van der Waals surface area (Å²) < 4.78 is 25.5. The van der Waals surface area contributed by atoms with E-state index in [9.17, 15) is 0 Å². The van der Waals surface area contributed by atoms with E-state index in [1.54, 1.807) is 0 Å². The van der Waals surface area contributed by atoms with Gasteiger partial charge < -0.3 is 18.6 Å². The minimum absolute atomic E-state index is 0.115. The lowest BCUT2D eigenvalue weighted by atomic mass is 10.1. The van der Waals surface area contributed by atoms with Crippen LogP contribution in [0.15, 0.2) is 12.2 Å². The van der Waals surface area contributed by atoms with E-state index < -0.39 is 8.32 Å². The molecule has 0 aromatic heterocycles. The van der Waals surface area contributed by atoms with Crippen molar-refractivity contribution in [3.8, 4) is 0 Å². The van der Waals surface area contributed by atoms with Gasteiger partial charge in [0.25, 0.3) is 0 Å². The summed E-state index contributed by atoms with van der Waals surface area (Å²) in [5, 5.41) is 0. The van der Waals surface area contributed by atoms with Gasteiger partial charge in [-0.3, -0.25) is 0 Å². The maximum atomic E-state index is 6.87. The largest absolute Gasteiger partial charge is 0.411 e. The highest BCUT2D eigenvalue weighted by Crippen LogP contribution is 2.39. The molecule has 0 amide bonds. The highest BCUT2D eigenvalue weighted by atomic mass is 35.5. The monoisotopic (exact) mass is 416 g/mol. The molecule has 3 heterocycles. The number of alkyl halides is 1. The van der Waals surface area contributed by atoms with Crippen molar-refractivity contribution in [2.24, 2.45) is 0 Å². The standard InChI is InChI=1S/C21H37ClO4Si/c1-5-15-17(26-27(6-2,7-3)8-4)12-10-9-11-16-18(23-15)13-19(24-16)21-20(14-22)25-21/h9-10,15-21H,5-8,11-14H2,1-4H3/b10-9-/t15-,16+,17-,18+,19-,20+,21+/m1/s1. The van der Waals surface area contributed by atoms with Crippen LogP contribution in [0.1, 0.15) is 53.4 Å². The van der Waals surface area contributed by atoms with E-state index in [-0.39, 0.29) is 42.7 Å². The smallest absolute Gasteiger partial charge is 0.192 e. The van der Waals surface area contributed by atoms with Crippen molar-refractivity contribution in [2.45, 2.75) is 114 Å². The Labute approximate surface area is 171 Å². The summed E-state index contributed by atoms with van der Waals surface area (Å²) in [4.78, 5) is 0. The number of epoxide rings is 1. The molecule has 0 N–H and O–H groups in total. The Morgan fingerprint density at radius 1 is 0.889 bits per heavy atom. The van der Waals surface area contributed by atoms with Crippen LogP contribution in [0.2, 0.25) is 18.1 Å². The zero-order valence-electron chi connectivity index (χ0n) is 17.4. The molecule has 0 bridgehead atoms. The third-order valence-corrected chi connectivity index (χ3v) is 11.7. The summed E-state index contributed by atoms with van der Waals surface area (Å²) in [5.41, 5.74) is 0. The molecule has 156 valence electrons. The van der Waals surface area contributed by atoms with Crippen LogP contribution in [-0.2, 0) is 18.6 Å². The van der Waals surface area contributed by atoms with Gasteiger partial charge in [-0.25, -0.2) is 0 Å². The van der Waals surface area contributed by atoms with Gasteiger partial charge in [0.15, 0.2) is 8.32 Å². The molecule has 0 saturated carbocycles. The van der Waals surface area contributed by atoms with Gasteiger partial charge in [-0.05, 0) is 37.4 Å². The molecule has 4 nitrogen and oxygen atoms in total. The third-order valence-electron chi connectivity index (χ3n) is 6.77. The van der Waals surface area contributed by atoms with Gasteiger partial charge in [-0.15, -0.1) is 11.6 Å². The summed E-state index contributed by atoms with van der Waals surface area (Å²) in [6.45, 7) is 9.09. The summed E-state index contributed by atoms with van der Waals surface area (Å²) in [6, 6.07) is 3.52. The topological polar surface area (TPSA) is 40.2 Å². The lowest BCUT2D eigenvalue weighted by Gasteiger charge is -2.37. The van der Waals surface area contributed by atoms with Crippen molar-refractivity contribution < 1.29 is 18.6 Å². The summed E-state index contributed by atoms with van der Waals surface area (Å²) >= 11 is 5.93. The molecule has 0 aliphatic carbocycles. The van der Waals surface area contributed by atoms with Gasteiger partial charge in [0.05, 0.1) is 36.4 Å². The molecule has 27 heavy (non-hydrogen) atoms. The second-order valence-corrected chi connectivity index (χ2v) is 13.2. The first-order valence-corrected chi connectivity index (χ1v) is 14.0. The minimum Gasteiger partial charge on any atom is -0.411 e. The maximum absolute atomic E-state index is 6.87. The number of hydrogen-bond acceptors (Lipinski definition) is 4. The highest BCUT2D eigenvalue weighted by molar-refractivity contribution is 6.73. The number of rotatable bonds is 8. The molecule has 0 radical (unpaired) electrons. The summed E-state index contributed by atoms with van der Waals surface area (Å²) in [7, 11) is -1.67. The lowest BCUT2D eigenvalue weighted by Crippen LogP contribution is -2.46. The first-order chi connectivity index (χ1) is 13.1. The second kappa shape index (κ2) is 9.73. The fourth-order valence-electron chi connectivity index (χ4n) is 4.65. The number of hydrogen-bond donors (Lipinski definition) is 0. The fraction of sp³-hybridized carbons (Fsp3) is 0.905. The van der Waals surface area contributed by atoms with Crippen LogP contribution in [0, 0.1) is 0 Å². The maximum Gasteiger partial charge on any atom is 0.192 e. The van der Waals surface area contributed by atoms with Gasteiger partial charge in [-0.2, -0.15) is 0 Å². The van der Waals surface area contributed by atoms with E-state index in [1.165, 1.54) is 18.1 Å². The number of fused-ring (bicyclic) bond motifs is 1. The first kappa shape index (κ1) is 21.8. The normalized spacial score (nSPS) is 40.7. The van der Waals surface area contributed by atoms with Crippen LogP contribution in [-0.4, -0.2) is 56.9 Å². The Kier molecular flexibility index (Phi) is 7.85. The van der Waals surface area contributed by atoms with E-state index in [0.717, 1.165) is 25.7 Å². The van der Waals surface area contributed by atoms with Crippen LogP contribution in [0.25, 0.3) is 0 Å². The van der Waals surface area contributed by atoms with Crippen LogP contribution in [0.3, 0.4) is 0 Å². The fourth-order valence-corrected chi connectivity index (χ4v) is 7.79. The predicted molar refractivity (Wildman–Crippen MR) is 112 cm³/mol. The zero-order valence-corrected chi connectivity index (χ0v) is 19.1. The molecule has 0 unspecified atom stereocenters. The van der Waals surface area contributed by atoms with Crippen LogP contribution in [0.5, 0.6) is 0 Å². The van der Waals surface area contributed by atoms with Crippen molar-refractivity contribution in [1.82, 2.24) is 0 Å². The summed E-state index contributed by atoms with van der Waals surface area (Å²) in [6.07, 6.45) is 9.20. The molecule has 3 aliphatic heterocycles. The molecular weight excluding hydrogens is 380 g/mol. The Hall–Kier alpha value is 0.0869. The Balaban J connectivity index is 1.69. The van der Waals surface area contributed by atoms with Gasteiger partial charge in [0.1, 0.15) is 12.2 Å². The van der Waals surface area contributed by atoms with Gasteiger partial charge in [0.2, 0.25) is 0 Å². The van der Waals surface area contributed by atoms with E-state index >= 15 is 0 Å². The molecular formula is C21H37ClO4Si. The molecule has 7 atom stereocenters. The minimum atomic E-state index is -1.67. The van der Waals surface area contributed by atoms with E-state index in [0.29, 0.717) is 5.88 Å². The Bertz CT molecular complexity index is 490. The van der Waals surface area contributed by atoms with Crippen molar-refractivity contribution in [1.29, 1.82) is 0 Å².